The maximum Gasteiger partial charge on any atom is 0.275 e. The van der Waals surface area contributed by atoms with Crippen LogP contribution in [0.1, 0.15) is 12.5 Å². The summed E-state index contributed by atoms with van der Waals surface area (Å²) in [6.45, 7) is 1.66. The minimum atomic E-state index is -0.592. The predicted molar refractivity (Wildman–Crippen MR) is 63.1 cm³/mol. The van der Waals surface area contributed by atoms with Gasteiger partial charge >= 0.3 is 0 Å². The number of hydrazine groups is 1. The van der Waals surface area contributed by atoms with Gasteiger partial charge in [0, 0.05) is 14.1 Å². The summed E-state index contributed by atoms with van der Waals surface area (Å²) in [5.41, 5.74) is 3.16. The molecule has 1 aromatic rings. The fraction of sp³-hybridized carbons (Fsp3) is 0.333. The standard InChI is InChI=1S/C12H15N3O2/c1-9(12(16)14-15(2)3)17-11-6-4-10(8-13)5-7-11/h4-7,9H,1-3H3,(H,14,16)/t9-/m0/s1. The first-order valence-electron chi connectivity index (χ1n) is 5.17. The highest BCUT2D eigenvalue weighted by Gasteiger charge is 2.14. The summed E-state index contributed by atoms with van der Waals surface area (Å²) < 4.78 is 5.43. The van der Waals surface area contributed by atoms with E-state index in [9.17, 15) is 4.79 Å². The average molecular weight is 233 g/mol. The lowest BCUT2D eigenvalue weighted by atomic mass is 10.2. The molecule has 90 valence electrons. The molecule has 5 nitrogen and oxygen atoms in total. The van der Waals surface area contributed by atoms with E-state index in [2.05, 4.69) is 5.43 Å². The third-order valence-corrected chi connectivity index (χ3v) is 2.00. The number of rotatable bonds is 4. The van der Waals surface area contributed by atoms with Crippen molar-refractivity contribution in [2.45, 2.75) is 13.0 Å². The van der Waals surface area contributed by atoms with Gasteiger partial charge in [0.05, 0.1) is 11.6 Å². The minimum absolute atomic E-state index is 0.223. The molecule has 0 radical (unpaired) electrons. The molecule has 1 amide bonds. The monoisotopic (exact) mass is 233 g/mol. The van der Waals surface area contributed by atoms with Crippen LogP contribution < -0.4 is 10.2 Å². The fourth-order valence-electron chi connectivity index (χ4n) is 1.18. The zero-order valence-corrected chi connectivity index (χ0v) is 10.1. The topological polar surface area (TPSA) is 65.4 Å². The molecule has 1 N–H and O–H groups in total. The maximum absolute atomic E-state index is 11.6. The summed E-state index contributed by atoms with van der Waals surface area (Å²) in [7, 11) is 3.46. The van der Waals surface area contributed by atoms with Crippen LogP contribution in [0.3, 0.4) is 0 Å². The van der Waals surface area contributed by atoms with Crippen LogP contribution in [0.25, 0.3) is 0 Å². The number of benzene rings is 1. The van der Waals surface area contributed by atoms with Crippen LogP contribution in [-0.4, -0.2) is 31.1 Å². The summed E-state index contributed by atoms with van der Waals surface area (Å²) in [4.78, 5) is 11.6. The Morgan fingerprint density at radius 2 is 2.00 bits per heavy atom. The molecule has 0 fully saturated rings. The number of nitrogens with zero attached hydrogens (tertiary/aromatic N) is 2. The Balaban J connectivity index is 2.58. The van der Waals surface area contributed by atoms with E-state index >= 15 is 0 Å². The van der Waals surface area contributed by atoms with E-state index in [-0.39, 0.29) is 5.91 Å². The van der Waals surface area contributed by atoms with E-state index in [4.69, 9.17) is 10.00 Å². The molecule has 0 spiro atoms. The van der Waals surface area contributed by atoms with Crippen molar-refractivity contribution >= 4 is 5.91 Å². The quantitative estimate of drug-likeness (QED) is 0.785. The highest BCUT2D eigenvalue weighted by Crippen LogP contribution is 2.13. The molecule has 0 aromatic heterocycles. The van der Waals surface area contributed by atoms with Crippen molar-refractivity contribution in [3.63, 3.8) is 0 Å². The summed E-state index contributed by atoms with van der Waals surface area (Å²) >= 11 is 0. The number of nitriles is 1. The first kappa shape index (κ1) is 13.0. The smallest absolute Gasteiger partial charge is 0.275 e. The Morgan fingerprint density at radius 1 is 1.41 bits per heavy atom. The number of amides is 1. The first-order chi connectivity index (χ1) is 8.02. The summed E-state index contributed by atoms with van der Waals surface area (Å²) in [6, 6.07) is 8.63. The lowest BCUT2D eigenvalue weighted by Gasteiger charge is -2.17. The molecule has 0 unspecified atom stereocenters. The van der Waals surface area contributed by atoms with Gasteiger partial charge < -0.3 is 4.74 Å². The minimum Gasteiger partial charge on any atom is -0.481 e. The first-order valence-corrected chi connectivity index (χ1v) is 5.17. The summed E-state index contributed by atoms with van der Waals surface area (Å²) in [6.07, 6.45) is -0.592. The highest BCUT2D eigenvalue weighted by atomic mass is 16.5. The van der Waals surface area contributed by atoms with Gasteiger partial charge in [-0.05, 0) is 31.2 Å². The molecule has 0 aliphatic heterocycles. The SMILES string of the molecule is C[C@H](Oc1ccc(C#N)cc1)C(=O)NN(C)C. The number of hydrogen-bond acceptors (Lipinski definition) is 4. The molecule has 1 aromatic carbocycles. The number of ether oxygens (including phenoxy) is 1. The van der Waals surface area contributed by atoms with Gasteiger partial charge in [-0.15, -0.1) is 0 Å². The molecule has 5 heteroatoms. The Morgan fingerprint density at radius 3 is 2.47 bits per heavy atom. The van der Waals surface area contributed by atoms with Gasteiger partial charge in [0.15, 0.2) is 6.10 Å². The molecule has 0 heterocycles. The molecule has 1 rings (SSSR count). The van der Waals surface area contributed by atoms with Crippen molar-refractivity contribution < 1.29 is 9.53 Å². The van der Waals surface area contributed by atoms with Crippen LogP contribution in [0.2, 0.25) is 0 Å². The van der Waals surface area contributed by atoms with Gasteiger partial charge in [0.25, 0.3) is 5.91 Å². The van der Waals surface area contributed by atoms with E-state index in [1.54, 1.807) is 50.3 Å². The summed E-state index contributed by atoms with van der Waals surface area (Å²) in [5, 5.41) is 10.2. The van der Waals surface area contributed by atoms with Crippen molar-refractivity contribution in [3.05, 3.63) is 29.8 Å². The van der Waals surface area contributed by atoms with Gasteiger partial charge in [-0.2, -0.15) is 5.26 Å². The van der Waals surface area contributed by atoms with E-state index in [1.165, 1.54) is 0 Å². The van der Waals surface area contributed by atoms with Crippen LogP contribution >= 0.6 is 0 Å². The van der Waals surface area contributed by atoms with E-state index < -0.39 is 6.10 Å². The molecule has 1 atom stereocenters. The van der Waals surface area contributed by atoms with Gasteiger partial charge in [-0.3, -0.25) is 10.2 Å². The third kappa shape index (κ3) is 4.13. The molecular weight excluding hydrogens is 218 g/mol. The molecule has 0 bridgehead atoms. The van der Waals surface area contributed by atoms with Gasteiger partial charge in [0.1, 0.15) is 5.75 Å². The van der Waals surface area contributed by atoms with Gasteiger partial charge in [-0.25, -0.2) is 5.01 Å². The van der Waals surface area contributed by atoms with Gasteiger partial charge in [0.2, 0.25) is 0 Å². The summed E-state index contributed by atoms with van der Waals surface area (Å²) in [5.74, 6) is 0.338. The normalized spacial score (nSPS) is 11.7. The molecular formula is C12H15N3O2. The molecule has 0 aliphatic rings. The van der Waals surface area contributed by atoms with Crippen LogP contribution in [0.15, 0.2) is 24.3 Å². The molecule has 0 saturated heterocycles. The number of carbonyl (C=O) groups is 1. The van der Waals surface area contributed by atoms with Crippen LogP contribution in [0.4, 0.5) is 0 Å². The van der Waals surface area contributed by atoms with Crippen molar-refractivity contribution in [1.29, 1.82) is 5.26 Å². The van der Waals surface area contributed by atoms with Gasteiger partial charge in [-0.1, -0.05) is 0 Å². The number of carbonyl (C=O) groups excluding carboxylic acids is 1. The highest BCUT2D eigenvalue weighted by molar-refractivity contribution is 5.80. The second-order valence-electron chi connectivity index (χ2n) is 3.77. The lowest BCUT2D eigenvalue weighted by Crippen LogP contribution is -2.43. The van der Waals surface area contributed by atoms with Crippen molar-refractivity contribution in [2.24, 2.45) is 0 Å². The Kier molecular flexibility index (Phi) is 4.49. The second-order valence-corrected chi connectivity index (χ2v) is 3.77. The number of hydrogen-bond donors (Lipinski definition) is 1. The predicted octanol–water partition coefficient (Wildman–Crippen LogP) is 0.918. The van der Waals surface area contributed by atoms with Crippen molar-refractivity contribution in [3.8, 4) is 11.8 Å². The van der Waals surface area contributed by atoms with Crippen LogP contribution in [0, 0.1) is 11.3 Å². The second kappa shape index (κ2) is 5.87. The van der Waals surface area contributed by atoms with E-state index in [1.807, 2.05) is 6.07 Å². The van der Waals surface area contributed by atoms with E-state index in [0.717, 1.165) is 0 Å². The zero-order valence-electron chi connectivity index (χ0n) is 10.1. The fourth-order valence-corrected chi connectivity index (χ4v) is 1.18. The molecule has 0 saturated carbocycles. The van der Waals surface area contributed by atoms with Crippen molar-refractivity contribution in [2.75, 3.05) is 14.1 Å². The molecule has 0 aliphatic carbocycles. The largest absolute Gasteiger partial charge is 0.481 e. The Hall–Kier alpha value is -2.06. The lowest BCUT2D eigenvalue weighted by molar-refractivity contribution is -0.131. The average Bonchev–Trinajstić information content (AvgIpc) is 2.29. The zero-order chi connectivity index (χ0) is 12.8. The number of nitrogens with one attached hydrogen (secondary N) is 1. The van der Waals surface area contributed by atoms with E-state index in [0.29, 0.717) is 11.3 Å². The van der Waals surface area contributed by atoms with Crippen LogP contribution in [0.5, 0.6) is 5.75 Å². The Labute approximate surface area is 101 Å². The maximum atomic E-state index is 11.6. The molecule has 17 heavy (non-hydrogen) atoms. The van der Waals surface area contributed by atoms with Crippen molar-refractivity contribution in [1.82, 2.24) is 10.4 Å². The third-order valence-electron chi connectivity index (χ3n) is 2.00. The van der Waals surface area contributed by atoms with Crippen LogP contribution in [-0.2, 0) is 4.79 Å². The Bertz CT molecular complexity index is 420.